The number of amides is 2. The van der Waals surface area contributed by atoms with Gasteiger partial charge in [-0.25, -0.2) is 12.8 Å². The summed E-state index contributed by atoms with van der Waals surface area (Å²) in [6.45, 7) is 5.40. The van der Waals surface area contributed by atoms with Gasteiger partial charge >= 0.3 is 0 Å². The Balaban J connectivity index is 2.34. The van der Waals surface area contributed by atoms with Gasteiger partial charge in [0, 0.05) is 13.1 Å². The lowest BCUT2D eigenvalue weighted by molar-refractivity contribution is -0.139. The Morgan fingerprint density at radius 2 is 1.66 bits per heavy atom. The maximum absolute atomic E-state index is 13.3. The number of rotatable bonds is 10. The largest absolute Gasteiger partial charge is 0.354 e. The molecule has 0 saturated heterocycles. The van der Waals surface area contributed by atoms with E-state index in [0.717, 1.165) is 22.5 Å². The summed E-state index contributed by atoms with van der Waals surface area (Å²) >= 11 is 0. The Kier molecular flexibility index (Phi) is 8.77. The first kappa shape index (κ1) is 25.3. The number of carbonyl (C=O) groups excluding carboxylic acids is 2. The van der Waals surface area contributed by atoms with E-state index in [2.05, 4.69) is 5.32 Å². The maximum Gasteiger partial charge on any atom is 0.244 e. The molecule has 0 radical (unpaired) electrons. The lowest BCUT2D eigenvalue weighted by Gasteiger charge is -2.31. The van der Waals surface area contributed by atoms with Crippen LogP contribution in [0.3, 0.4) is 0 Å². The Morgan fingerprint density at radius 1 is 1.06 bits per heavy atom. The van der Waals surface area contributed by atoms with Crippen molar-refractivity contribution in [2.45, 2.75) is 39.8 Å². The number of aryl methyl sites for hydroxylation is 1. The average Bonchev–Trinajstić information content (AvgIpc) is 2.74. The minimum Gasteiger partial charge on any atom is -0.354 e. The average molecular weight is 464 g/mol. The van der Waals surface area contributed by atoms with Crippen molar-refractivity contribution in [1.82, 2.24) is 10.2 Å². The van der Waals surface area contributed by atoms with E-state index in [9.17, 15) is 22.4 Å². The Hall–Kier alpha value is -2.94. The molecule has 0 spiro atoms. The van der Waals surface area contributed by atoms with Gasteiger partial charge in [-0.2, -0.15) is 0 Å². The summed E-state index contributed by atoms with van der Waals surface area (Å²) in [7, 11) is -3.76. The van der Waals surface area contributed by atoms with Gasteiger partial charge in [0.1, 0.15) is 18.4 Å². The molecule has 0 saturated carbocycles. The number of nitrogens with one attached hydrogen (secondary N) is 1. The molecule has 32 heavy (non-hydrogen) atoms. The number of hydrogen-bond donors (Lipinski definition) is 1. The van der Waals surface area contributed by atoms with Crippen molar-refractivity contribution in [3.63, 3.8) is 0 Å². The molecule has 0 aliphatic heterocycles. The van der Waals surface area contributed by atoms with E-state index < -0.39 is 34.3 Å². The number of benzene rings is 2. The monoisotopic (exact) mass is 463 g/mol. The fourth-order valence-electron chi connectivity index (χ4n) is 3.09. The van der Waals surface area contributed by atoms with Crippen molar-refractivity contribution in [2.24, 2.45) is 0 Å². The molecule has 1 N–H and O–H groups in total. The van der Waals surface area contributed by atoms with Crippen molar-refractivity contribution in [1.29, 1.82) is 0 Å². The SMILES string of the molecule is CCCNC(=O)[C@H](C)N(Cc1ccc(F)cc1)C(=O)CN(c1ccc(C)cc1)S(C)(=O)=O. The second kappa shape index (κ2) is 11.1. The first-order chi connectivity index (χ1) is 15.0. The topological polar surface area (TPSA) is 86.8 Å². The molecule has 2 amide bonds. The summed E-state index contributed by atoms with van der Waals surface area (Å²) in [4.78, 5) is 27.2. The van der Waals surface area contributed by atoms with E-state index in [1.54, 1.807) is 31.2 Å². The number of nitrogens with zero attached hydrogens (tertiary/aromatic N) is 2. The van der Waals surface area contributed by atoms with Crippen LogP contribution in [0.5, 0.6) is 0 Å². The fourth-order valence-corrected chi connectivity index (χ4v) is 3.94. The molecule has 1 atom stereocenters. The number of sulfonamides is 1. The van der Waals surface area contributed by atoms with Crippen molar-refractivity contribution in [3.05, 3.63) is 65.5 Å². The zero-order valence-electron chi connectivity index (χ0n) is 18.8. The van der Waals surface area contributed by atoms with Crippen molar-refractivity contribution >= 4 is 27.5 Å². The fraction of sp³-hybridized carbons (Fsp3) is 0.391. The minimum absolute atomic E-state index is 0.0331. The second-order valence-corrected chi connectivity index (χ2v) is 9.63. The normalized spacial score (nSPS) is 12.2. The van der Waals surface area contributed by atoms with Gasteiger partial charge in [-0.1, -0.05) is 36.8 Å². The number of halogens is 1. The number of anilines is 1. The highest BCUT2D eigenvalue weighted by Gasteiger charge is 2.29. The standard InChI is InChI=1S/C23H30FN3O4S/c1-5-14-25-23(29)18(3)26(15-19-8-10-20(24)11-9-19)22(28)16-27(32(4,30)31)21-12-6-17(2)7-13-21/h6-13,18H,5,14-16H2,1-4H3,(H,25,29)/t18-/m0/s1. The van der Waals surface area contributed by atoms with Crippen molar-refractivity contribution < 1.29 is 22.4 Å². The smallest absolute Gasteiger partial charge is 0.244 e. The molecule has 2 aromatic carbocycles. The highest BCUT2D eigenvalue weighted by Crippen LogP contribution is 2.19. The van der Waals surface area contributed by atoms with E-state index in [-0.39, 0.29) is 12.5 Å². The quantitative estimate of drug-likeness (QED) is 0.587. The zero-order valence-corrected chi connectivity index (χ0v) is 19.7. The molecule has 0 heterocycles. The summed E-state index contributed by atoms with van der Waals surface area (Å²) in [5, 5.41) is 2.76. The van der Waals surface area contributed by atoms with Crippen molar-refractivity contribution in [3.8, 4) is 0 Å². The molecule has 0 bridgehead atoms. The summed E-state index contributed by atoms with van der Waals surface area (Å²) in [6.07, 6.45) is 1.77. The van der Waals surface area contributed by atoms with Crippen LogP contribution in [-0.2, 0) is 26.2 Å². The first-order valence-electron chi connectivity index (χ1n) is 10.4. The molecule has 0 aliphatic rings. The van der Waals surface area contributed by atoms with Crippen LogP contribution in [-0.4, -0.2) is 50.5 Å². The van der Waals surface area contributed by atoms with Crippen LogP contribution in [0.15, 0.2) is 48.5 Å². The molecule has 7 nitrogen and oxygen atoms in total. The zero-order chi connectivity index (χ0) is 23.9. The van der Waals surface area contributed by atoms with Crippen LogP contribution in [0.25, 0.3) is 0 Å². The third kappa shape index (κ3) is 7.05. The third-order valence-electron chi connectivity index (χ3n) is 4.98. The van der Waals surface area contributed by atoms with Crippen LogP contribution >= 0.6 is 0 Å². The molecule has 9 heteroatoms. The lowest BCUT2D eigenvalue weighted by Crippen LogP contribution is -2.51. The molecule has 0 unspecified atom stereocenters. The molecule has 0 fully saturated rings. The molecular weight excluding hydrogens is 433 g/mol. The second-order valence-electron chi connectivity index (χ2n) is 7.72. The predicted octanol–water partition coefficient (Wildman–Crippen LogP) is 2.84. The van der Waals surface area contributed by atoms with Gasteiger partial charge in [0.25, 0.3) is 0 Å². The van der Waals surface area contributed by atoms with E-state index in [1.807, 2.05) is 13.8 Å². The molecule has 0 aromatic heterocycles. The van der Waals surface area contributed by atoms with Crippen molar-refractivity contribution in [2.75, 3.05) is 23.7 Å². The minimum atomic E-state index is -3.76. The summed E-state index contributed by atoms with van der Waals surface area (Å²) < 4.78 is 39.2. The third-order valence-corrected chi connectivity index (χ3v) is 6.12. The summed E-state index contributed by atoms with van der Waals surface area (Å²) in [5.41, 5.74) is 1.93. The number of carbonyl (C=O) groups is 2. The Bertz CT molecular complexity index is 1020. The van der Waals surface area contributed by atoms with Gasteiger partial charge in [0.2, 0.25) is 21.8 Å². The van der Waals surface area contributed by atoms with Gasteiger partial charge in [-0.15, -0.1) is 0 Å². The van der Waals surface area contributed by atoms with Crippen LogP contribution < -0.4 is 9.62 Å². The molecular formula is C23H30FN3O4S. The van der Waals surface area contributed by atoms with Gasteiger partial charge in [-0.3, -0.25) is 13.9 Å². The highest BCUT2D eigenvalue weighted by atomic mass is 32.2. The molecule has 0 aliphatic carbocycles. The van der Waals surface area contributed by atoms with E-state index in [4.69, 9.17) is 0 Å². The van der Waals surface area contributed by atoms with E-state index in [0.29, 0.717) is 17.8 Å². The highest BCUT2D eigenvalue weighted by molar-refractivity contribution is 7.92. The van der Waals surface area contributed by atoms with Crippen LogP contribution in [0.4, 0.5) is 10.1 Å². The molecule has 2 rings (SSSR count). The first-order valence-corrected chi connectivity index (χ1v) is 12.2. The molecule has 174 valence electrons. The van der Waals surface area contributed by atoms with E-state index in [1.165, 1.54) is 29.2 Å². The molecule has 2 aromatic rings. The number of hydrogen-bond acceptors (Lipinski definition) is 4. The van der Waals surface area contributed by atoms with Gasteiger partial charge in [-0.05, 0) is 50.1 Å². The van der Waals surface area contributed by atoms with Crippen LogP contribution in [0.2, 0.25) is 0 Å². The summed E-state index contributed by atoms with van der Waals surface area (Å²) in [5.74, 6) is -1.30. The van der Waals surface area contributed by atoms with Crippen LogP contribution in [0, 0.1) is 12.7 Å². The predicted molar refractivity (Wildman–Crippen MR) is 123 cm³/mol. The summed E-state index contributed by atoms with van der Waals surface area (Å²) in [6, 6.07) is 11.5. The Labute approximate surface area is 189 Å². The maximum atomic E-state index is 13.3. The van der Waals surface area contributed by atoms with Gasteiger partial charge < -0.3 is 10.2 Å². The Morgan fingerprint density at radius 3 is 2.19 bits per heavy atom. The van der Waals surface area contributed by atoms with Gasteiger partial charge in [0.05, 0.1) is 11.9 Å². The van der Waals surface area contributed by atoms with E-state index >= 15 is 0 Å². The van der Waals surface area contributed by atoms with Crippen LogP contribution in [0.1, 0.15) is 31.4 Å². The van der Waals surface area contributed by atoms with Gasteiger partial charge in [0.15, 0.2) is 0 Å². The lowest BCUT2D eigenvalue weighted by atomic mass is 10.1.